The van der Waals surface area contributed by atoms with Gasteiger partial charge >= 0.3 is 0 Å². The minimum atomic E-state index is 0.936. The lowest BCUT2D eigenvalue weighted by Gasteiger charge is -1.98. The van der Waals surface area contributed by atoms with Gasteiger partial charge in [-0.2, -0.15) is 5.10 Å². The molecular formula is C10H10N4. The first-order valence-corrected chi connectivity index (χ1v) is 4.32. The van der Waals surface area contributed by atoms with Gasteiger partial charge in [-0.3, -0.25) is 0 Å². The summed E-state index contributed by atoms with van der Waals surface area (Å²) in [7, 11) is 0. The Kier molecular flexibility index (Phi) is 2.36. The molecule has 0 unspecified atom stereocenters. The van der Waals surface area contributed by atoms with Gasteiger partial charge in [0.2, 0.25) is 0 Å². The van der Waals surface area contributed by atoms with Crippen molar-refractivity contribution in [3.05, 3.63) is 48.5 Å². The molecule has 0 fully saturated rings. The first kappa shape index (κ1) is 8.62. The van der Waals surface area contributed by atoms with Crippen LogP contribution in [0.2, 0.25) is 0 Å². The number of hydrogen-bond donors (Lipinski definition) is 0. The normalized spacial score (nSPS) is 11.6. The second kappa shape index (κ2) is 3.83. The van der Waals surface area contributed by atoms with E-state index in [1.807, 2.05) is 37.3 Å². The van der Waals surface area contributed by atoms with Gasteiger partial charge < -0.3 is 0 Å². The molecule has 0 aliphatic heterocycles. The van der Waals surface area contributed by atoms with Crippen LogP contribution in [0.15, 0.2) is 48.1 Å². The van der Waals surface area contributed by atoms with Gasteiger partial charge in [0.05, 0.1) is 5.71 Å². The lowest BCUT2D eigenvalue weighted by atomic mass is 10.1. The molecule has 0 saturated heterocycles. The molecule has 4 nitrogen and oxygen atoms in total. The van der Waals surface area contributed by atoms with Crippen molar-refractivity contribution in [3.8, 4) is 0 Å². The van der Waals surface area contributed by atoms with Gasteiger partial charge in [-0.15, -0.1) is 10.2 Å². The highest BCUT2D eigenvalue weighted by Gasteiger charge is 1.95. The van der Waals surface area contributed by atoms with Crippen LogP contribution in [0.1, 0.15) is 12.5 Å². The van der Waals surface area contributed by atoms with Crippen LogP contribution >= 0.6 is 0 Å². The molecule has 2 aromatic rings. The minimum Gasteiger partial charge on any atom is -0.207 e. The van der Waals surface area contributed by atoms with Crippen molar-refractivity contribution >= 4 is 5.71 Å². The maximum absolute atomic E-state index is 4.30. The van der Waals surface area contributed by atoms with Crippen molar-refractivity contribution < 1.29 is 0 Å². The van der Waals surface area contributed by atoms with Crippen LogP contribution in [0.4, 0.5) is 0 Å². The van der Waals surface area contributed by atoms with E-state index in [-0.39, 0.29) is 0 Å². The molecule has 2 rings (SSSR count). The highest BCUT2D eigenvalue weighted by Crippen LogP contribution is 2.00. The van der Waals surface area contributed by atoms with Crippen molar-refractivity contribution in [3.63, 3.8) is 0 Å². The standard InChI is InChI=1S/C10H10N4/c1-9(10-5-3-2-4-6-10)13-14-7-11-12-8-14/h2-8H,1H3. The summed E-state index contributed by atoms with van der Waals surface area (Å²) in [5.41, 5.74) is 2.03. The summed E-state index contributed by atoms with van der Waals surface area (Å²) >= 11 is 0. The number of hydrogen-bond acceptors (Lipinski definition) is 3. The smallest absolute Gasteiger partial charge is 0.141 e. The maximum Gasteiger partial charge on any atom is 0.141 e. The van der Waals surface area contributed by atoms with Gasteiger partial charge in [0, 0.05) is 0 Å². The Morgan fingerprint density at radius 3 is 2.43 bits per heavy atom. The molecule has 1 aromatic carbocycles. The third-order valence-corrected chi connectivity index (χ3v) is 1.86. The zero-order valence-corrected chi connectivity index (χ0v) is 7.83. The monoisotopic (exact) mass is 186 g/mol. The Labute approximate surface area is 81.9 Å². The first-order valence-electron chi connectivity index (χ1n) is 4.32. The van der Waals surface area contributed by atoms with Crippen LogP contribution in [-0.4, -0.2) is 20.6 Å². The molecule has 0 radical (unpaired) electrons. The molecule has 0 N–H and O–H groups in total. The third-order valence-electron chi connectivity index (χ3n) is 1.86. The Hall–Kier alpha value is -1.97. The molecule has 0 spiro atoms. The van der Waals surface area contributed by atoms with Gasteiger partial charge in [0.25, 0.3) is 0 Å². The fourth-order valence-electron chi connectivity index (χ4n) is 1.16. The summed E-state index contributed by atoms with van der Waals surface area (Å²) in [5, 5.41) is 11.6. The Bertz CT molecular complexity index is 417. The van der Waals surface area contributed by atoms with Crippen LogP contribution in [0, 0.1) is 0 Å². The quantitative estimate of drug-likeness (QED) is 0.668. The molecule has 0 aliphatic rings. The highest BCUT2D eigenvalue weighted by atomic mass is 15.4. The van der Waals surface area contributed by atoms with Crippen LogP contribution in [-0.2, 0) is 0 Å². The summed E-state index contributed by atoms with van der Waals surface area (Å²) in [4.78, 5) is 0. The van der Waals surface area contributed by atoms with Crippen molar-refractivity contribution in [1.29, 1.82) is 0 Å². The zero-order valence-electron chi connectivity index (χ0n) is 7.83. The van der Waals surface area contributed by atoms with Gasteiger partial charge in [-0.05, 0) is 12.5 Å². The van der Waals surface area contributed by atoms with E-state index < -0.39 is 0 Å². The third kappa shape index (κ3) is 1.85. The second-order valence-corrected chi connectivity index (χ2v) is 2.89. The van der Waals surface area contributed by atoms with Crippen LogP contribution in [0.25, 0.3) is 0 Å². The fourth-order valence-corrected chi connectivity index (χ4v) is 1.16. The predicted molar refractivity (Wildman–Crippen MR) is 54.1 cm³/mol. The van der Waals surface area contributed by atoms with Gasteiger partial charge in [-0.25, -0.2) is 4.68 Å². The van der Waals surface area contributed by atoms with E-state index in [1.54, 1.807) is 17.3 Å². The summed E-state index contributed by atoms with van der Waals surface area (Å²) in [6.07, 6.45) is 3.12. The van der Waals surface area contributed by atoms with E-state index in [2.05, 4.69) is 15.3 Å². The van der Waals surface area contributed by atoms with E-state index in [9.17, 15) is 0 Å². The average molecular weight is 186 g/mol. The first-order chi connectivity index (χ1) is 6.86. The molecule has 14 heavy (non-hydrogen) atoms. The van der Waals surface area contributed by atoms with E-state index in [4.69, 9.17) is 0 Å². The topological polar surface area (TPSA) is 43.1 Å². The van der Waals surface area contributed by atoms with Crippen molar-refractivity contribution in [2.45, 2.75) is 6.92 Å². The molecular weight excluding hydrogens is 176 g/mol. The second-order valence-electron chi connectivity index (χ2n) is 2.89. The van der Waals surface area contributed by atoms with Crippen LogP contribution < -0.4 is 0 Å². The molecule has 1 heterocycles. The maximum atomic E-state index is 4.30. The summed E-state index contributed by atoms with van der Waals surface area (Å²) in [6, 6.07) is 9.99. The number of benzene rings is 1. The highest BCUT2D eigenvalue weighted by molar-refractivity contribution is 5.98. The Morgan fingerprint density at radius 1 is 1.14 bits per heavy atom. The van der Waals surface area contributed by atoms with Crippen LogP contribution in [0.3, 0.4) is 0 Å². The number of aromatic nitrogens is 3. The van der Waals surface area contributed by atoms with Crippen molar-refractivity contribution in [2.75, 3.05) is 0 Å². The molecule has 0 atom stereocenters. The van der Waals surface area contributed by atoms with Crippen LogP contribution in [0.5, 0.6) is 0 Å². The number of nitrogens with zero attached hydrogens (tertiary/aromatic N) is 4. The van der Waals surface area contributed by atoms with E-state index in [1.165, 1.54) is 0 Å². The van der Waals surface area contributed by atoms with Crippen molar-refractivity contribution in [2.24, 2.45) is 5.10 Å². The van der Waals surface area contributed by atoms with E-state index in [0.717, 1.165) is 11.3 Å². The minimum absolute atomic E-state index is 0.936. The van der Waals surface area contributed by atoms with Crippen molar-refractivity contribution in [1.82, 2.24) is 14.9 Å². The molecule has 0 amide bonds. The van der Waals surface area contributed by atoms with E-state index >= 15 is 0 Å². The molecule has 70 valence electrons. The summed E-state index contributed by atoms with van der Waals surface area (Å²) < 4.78 is 1.59. The molecule has 0 bridgehead atoms. The zero-order chi connectivity index (χ0) is 9.80. The Balaban J connectivity index is 2.29. The SMILES string of the molecule is CC(=Nn1cnnc1)c1ccccc1. The van der Waals surface area contributed by atoms with Gasteiger partial charge in [0.1, 0.15) is 12.7 Å². The number of rotatable bonds is 2. The molecule has 1 aromatic heterocycles. The molecule has 4 heteroatoms. The summed E-state index contributed by atoms with van der Waals surface area (Å²) in [5.74, 6) is 0. The fraction of sp³-hybridized carbons (Fsp3) is 0.100. The lowest BCUT2D eigenvalue weighted by molar-refractivity contribution is 0.871. The van der Waals surface area contributed by atoms with Gasteiger partial charge in [0.15, 0.2) is 0 Å². The molecule has 0 aliphatic carbocycles. The molecule has 0 saturated carbocycles. The lowest BCUT2D eigenvalue weighted by Crippen LogP contribution is -1.97. The van der Waals surface area contributed by atoms with Gasteiger partial charge in [-0.1, -0.05) is 30.3 Å². The largest absolute Gasteiger partial charge is 0.207 e. The Morgan fingerprint density at radius 2 is 1.79 bits per heavy atom. The summed E-state index contributed by atoms with van der Waals surface area (Å²) in [6.45, 7) is 1.95. The predicted octanol–water partition coefficient (Wildman–Crippen LogP) is 1.55. The average Bonchev–Trinajstić information content (AvgIpc) is 2.72. The van der Waals surface area contributed by atoms with E-state index in [0.29, 0.717) is 0 Å².